The smallest absolute Gasteiger partial charge is 0.319 e. The predicted molar refractivity (Wildman–Crippen MR) is 100 cm³/mol. The van der Waals surface area contributed by atoms with Gasteiger partial charge in [0.15, 0.2) is 5.76 Å². The Labute approximate surface area is 159 Å². The van der Waals surface area contributed by atoms with Crippen LogP contribution >= 0.6 is 0 Å². The molecule has 0 saturated carbocycles. The zero-order valence-corrected chi connectivity index (χ0v) is 14.5. The molecule has 0 saturated heterocycles. The van der Waals surface area contributed by atoms with E-state index in [1.54, 1.807) is 36.4 Å². The standard InChI is InChI=1S/C20H15FN4O3/c21-15-5-8-17(14(10-15)11-22)25-20(27)23-12-13-3-6-16(7-4-13)24-19(26)18-2-1-9-28-18/h1-10H,12H2,(H,24,26)(H2,23,25,27). The first-order chi connectivity index (χ1) is 13.5. The SMILES string of the molecule is N#Cc1cc(F)ccc1NC(=O)NCc1ccc(NC(=O)c2ccco2)cc1. The Morgan fingerprint density at radius 1 is 1.07 bits per heavy atom. The number of amides is 3. The van der Waals surface area contributed by atoms with Crippen LogP contribution in [0.15, 0.2) is 65.3 Å². The Bertz CT molecular complexity index is 1020. The molecule has 0 aliphatic heterocycles. The van der Waals surface area contributed by atoms with E-state index in [1.165, 1.54) is 12.3 Å². The molecule has 1 heterocycles. The lowest BCUT2D eigenvalue weighted by Crippen LogP contribution is -2.28. The van der Waals surface area contributed by atoms with Crippen molar-refractivity contribution in [1.29, 1.82) is 5.26 Å². The molecular formula is C20H15FN4O3. The molecule has 0 atom stereocenters. The summed E-state index contributed by atoms with van der Waals surface area (Å²) in [6.45, 7) is 0.224. The zero-order chi connectivity index (χ0) is 19.9. The Hall–Kier alpha value is -4.12. The first kappa shape index (κ1) is 18.7. The first-order valence-electron chi connectivity index (χ1n) is 8.23. The van der Waals surface area contributed by atoms with Crippen LogP contribution in [0.25, 0.3) is 0 Å². The Morgan fingerprint density at radius 2 is 1.86 bits per heavy atom. The number of urea groups is 1. The van der Waals surface area contributed by atoms with E-state index in [2.05, 4.69) is 16.0 Å². The third-order valence-electron chi connectivity index (χ3n) is 3.76. The maximum atomic E-state index is 13.1. The first-order valence-corrected chi connectivity index (χ1v) is 8.23. The van der Waals surface area contributed by atoms with Crippen molar-refractivity contribution in [2.45, 2.75) is 6.54 Å². The number of furan rings is 1. The highest BCUT2D eigenvalue weighted by Crippen LogP contribution is 2.16. The van der Waals surface area contributed by atoms with Gasteiger partial charge in [-0.15, -0.1) is 0 Å². The van der Waals surface area contributed by atoms with Gasteiger partial charge in [0.2, 0.25) is 0 Å². The second-order valence-corrected chi connectivity index (χ2v) is 5.74. The van der Waals surface area contributed by atoms with Crippen molar-refractivity contribution in [2.75, 3.05) is 10.6 Å². The summed E-state index contributed by atoms with van der Waals surface area (Å²) < 4.78 is 18.1. The summed E-state index contributed by atoms with van der Waals surface area (Å²) in [6, 6.07) is 14.9. The molecule has 1 aromatic heterocycles. The molecule has 28 heavy (non-hydrogen) atoms. The largest absolute Gasteiger partial charge is 0.459 e. The lowest BCUT2D eigenvalue weighted by Gasteiger charge is -2.10. The van der Waals surface area contributed by atoms with Crippen LogP contribution in [0.5, 0.6) is 0 Å². The molecule has 3 N–H and O–H groups in total. The highest BCUT2D eigenvalue weighted by atomic mass is 19.1. The summed E-state index contributed by atoms with van der Waals surface area (Å²) in [4.78, 5) is 23.9. The average Bonchev–Trinajstić information content (AvgIpc) is 3.24. The molecule has 0 radical (unpaired) electrons. The third kappa shape index (κ3) is 4.74. The van der Waals surface area contributed by atoms with Crippen LogP contribution in [-0.2, 0) is 6.54 Å². The van der Waals surface area contributed by atoms with Gasteiger partial charge >= 0.3 is 6.03 Å². The summed E-state index contributed by atoms with van der Waals surface area (Å²) in [6.07, 6.45) is 1.42. The number of nitrogens with zero attached hydrogens (tertiary/aromatic N) is 1. The second kappa shape index (κ2) is 8.51. The van der Waals surface area contributed by atoms with Gasteiger partial charge in [-0.2, -0.15) is 5.26 Å². The van der Waals surface area contributed by atoms with Crippen LogP contribution in [0.2, 0.25) is 0 Å². The zero-order valence-electron chi connectivity index (χ0n) is 14.5. The van der Waals surface area contributed by atoms with E-state index >= 15 is 0 Å². The van der Waals surface area contributed by atoms with Crippen LogP contribution in [0.4, 0.5) is 20.6 Å². The van der Waals surface area contributed by atoms with E-state index in [0.29, 0.717) is 5.69 Å². The number of anilines is 2. The molecule has 0 aliphatic carbocycles. The van der Waals surface area contributed by atoms with Crippen LogP contribution in [-0.4, -0.2) is 11.9 Å². The summed E-state index contributed by atoms with van der Waals surface area (Å²) in [5.74, 6) is -0.704. The number of benzene rings is 2. The average molecular weight is 378 g/mol. The number of halogens is 1. The lowest BCUT2D eigenvalue weighted by atomic mass is 10.2. The summed E-state index contributed by atoms with van der Waals surface area (Å²) in [5, 5.41) is 16.8. The van der Waals surface area contributed by atoms with Crippen molar-refractivity contribution >= 4 is 23.3 Å². The minimum Gasteiger partial charge on any atom is -0.459 e. The summed E-state index contributed by atoms with van der Waals surface area (Å²) in [7, 11) is 0. The van der Waals surface area contributed by atoms with Gasteiger partial charge in [0, 0.05) is 12.2 Å². The normalized spacial score (nSPS) is 10.0. The van der Waals surface area contributed by atoms with Crippen molar-refractivity contribution in [3.8, 4) is 6.07 Å². The van der Waals surface area contributed by atoms with E-state index in [9.17, 15) is 14.0 Å². The minimum absolute atomic E-state index is 0.0341. The van der Waals surface area contributed by atoms with Gasteiger partial charge in [-0.1, -0.05) is 12.1 Å². The molecular weight excluding hydrogens is 363 g/mol. The van der Waals surface area contributed by atoms with Crippen molar-refractivity contribution in [2.24, 2.45) is 0 Å². The van der Waals surface area contributed by atoms with Gasteiger partial charge in [0.1, 0.15) is 11.9 Å². The van der Waals surface area contributed by atoms with Crippen LogP contribution < -0.4 is 16.0 Å². The van der Waals surface area contributed by atoms with Crippen LogP contribution in [0, 0.1) is 17.1 Å². The highest BCUT2D eigenvalue weighted by molar-refractivity contribution is 6.02. The van der Waals surface area contributed by atoms with Gasteiger partial charge in [0.05, 0.1) is 17.5 Å². The molecule has 2 aromatic carbocycles. The van der Waals surface area contributed by atoms with E-state index in [4.69, 9.17) is 9.68 Å². The molecule has 8 heteroatoms. The van der Waals surface area contributed by atoms with Gasteiger partial charge < -0.3 is 20.4 Å². The number of hydrogen-bond acceptors (Lipinski definition) is 4. The molecule has 140 valence electrons. The Kier molecular flexibility index (Phi) is 5.67. The molecule has 0 spiro atoms. The number of hydrogen-bond donors (Lipinski definition) is 3. The summed E-state index contributed by atoms with van der Waals surface area (Å²) >= 11 is 0. The topological polar surface area (TPSA) is 107 Å². The molecule has 0 bridgehead atoms. The van der Waals surface area contributed by atoms with Crippen LogP contribution in [0.3, 0.4) is 0 Å². The number of carbonyl (C=O) groups excluding carboxylic acids is 2. The highest BCUT2D eigenvalue weighted by Gasteiger charge is 2.09. The fraction of sp³-hybridized carbons (Fsp3) is 0.0500. The van der Waals surface area contributed by atoms with E-state index < -0.39 is 11.8 Å². The maximum Gasteiger partial charge on any atom is 0.319 e. The Morgan fingerprint density at radius 3 is 2.54 bits per heavy atom. The van der Waals surface area contributed by atoms with Crippen molar-refractivity contribution in [1.82, 2.24) is 5.32 Å². The Balaban J connectivity index is 1.53. The molecule has 0 unspecified atom stereocenters. The monoisotopic (exact) mass is 378 g/mol. The fourth-order valence-electron chi connectivity index (χ4n) is 2.37. The fourth-order valence-corrected chi connectivity index (χ4v) is 2.37. The van der Waals surface area contributed by atoms with E-state index in [1.807, 2.05) is 6.07 Å². The number of carbonyl (C=O) groups is 2. The molecule has 3 aromatic rings. The van der Waals surface area contributed by atoms with Gasteiger partial charge in [-0.05, 0) is 48.0 Å². The molecule has 3 rings (SSSR count). The quantitative estimate of drug-likeness (QED) is 0.626. The number of nitriles is 1. The number of rotatable bonds is 5. The molecule has 0 aliphatic rings. The van der Waals surface area contributed by atoms with Crippen molar-refractivity contribution < 1.29 is 18.4 Å². The van der Waals surface area contributed by atoms with Gasteiger partial charge in [0.25, 0.3) is 5.91 Å². The minimum atomic E-state index is -0.554. The van der Waals surface area contributed by atoms with E-state index in [0.717, 1.165) is 17.7 Å². The maximum absolute atomic E-state index is 13.1. The summed E-state index contributed by atoms with van der Waals surface area (Å²) in [5.41, 5.74) is 1.63. The van der Waals surface area contributed by atoms with Crippen molar-refractivity contribution in [3.05, 3.63) is 83.6 Å². The second-order valence-electron chi connectivity index (χ2n) is 5.74. The lowest BCUT2D eigenvalue weighted by molar-refractivity contribution is 0.0996. The molecule has 7 nitrogen and oxygen atoms in total. The third-order valence-corrected chi connectivity index (χ3v) is 3.76. The number of nitrogens with one attached hydrogen (secondary N) is 3. The van der Waals surface area contributed by atoms with Gasteiger partial charge in [-0.3, -0.25) is 4.79 Å². The van der Waals surface area contributed by atoms with E-state index in [-0.39, 0.29) is 29.5 Å². The van der Waals surface area contributed by atoms with Crippen molar-refractivity contribution in [3.63, 3.8) is 0 Å². The van der Waals surface area contributed by atoms with Gasteiger partial charge in [-0.25, -0.2) is 9.18 Å². The molecule has 3 amide bonds. The molecule has 0 fully saturated rings. The predicted octanol–water partition coefficient (Wildman–Crippen LogP) is 3.86. The van der Waals surface area contributed by atoms with Crippen LogP contribution in [0.1, 0.15) is 21.7 Å².